The fourth-order valence-corrected chi connectivity index (χ4v) is 10.6. The first kappa shape index (κ1) is 57.1. The van der Waals surface area contributed by atoms with Gasteiger partial charge in [-0.3, -0.25) is 0 Å². The van der Waals surface area contributed by atoms with Crippen molar-refractivity contribution in [1.82, 2.24) is 0 Å². The van der Waals surface area contributed by atoms with E-state index in [0.717, 1.165) is 88.6 Å². The zero-order chi connectivity index (χ0) is 60.3. The van der Waals surface area contributed by atoms with Crippen LogP contribution in [-0.2, 0) is 28.5 Å². The first-order valence-electron chi connectivity index (χ1n) is 28.3. The number of fused-ring (bicyclic) bond motifs is 14. The lowest BCUT2D eigenvalue weighted by Crippen LogP contribution is -2.31. The summed E-state index contributed by atoms with van der Waals surface area (Å²) in [6.45, 7) is 6.68. The van der Waals surface area contributed by atoms with Crippen LogP contribution in [0.15, 0.2) is 244 Å². The fraction of sp³-hybridized carbons (Fsp3) is 0.108. The van der Waals surface area contributed by atoms with Crippen LogP contribution in [0.25, 0.3) is 76.5 Å². The van der Waals surface area contributed by atoms with Gasteiger partial charge in [0.1, 0.15) is 60.9 Å². The van der Waals surface area contributed by atoms with Gasteiger partial charge in [0.2, 0.25) is 13.6 Å². The molecule has 88 heavy (non-hydrogen) atoms. The molecule has 0 fully saturated rings. The smallest absolute Gasteiger partial charge is 0.338 e. The van der Waals surface area contributed by atoms with Crippen LogP contribution in [0.5, 0.6) is 34.5 Å². The molecular formula is C74H56O14. The molecule has 0 aliphatic carbocycles. The third-order valence-corrected chi connectivity index (χ3v) is 14.9. The first-order chi connectivity index (χ1) is 43.2. The highest BCUT2D eigenvalue weighted by Crippen LogP contribution is 2.48. The van der Waals surface area contributed by atoms with Gasteiger partial charge in [0.15, 0.2) is 12.2 Å². The predicted molar refractivity (Wildman–Crippen MR) is 336 cm³/mol. The predicted octanol–water partition coefficient (Wildman–Crippen LogP) is 15.1. The summed E-state index contributed by atoms with van der Waals surface area (Å²) in [6.07, 6.45) is 0.800. The average molecular weight is 1170 g/mol. The van der Waals surface area contributed by atoms with Crippen LogP contribution in [0.1, 0.15) is 20.7 Å². The Balaban J connectivity index is 0.000000173. The van der Waals surface area contributed by atoms with E-state index in [4.69, 9.17) is 47.4 Å². The molecule has 0 bridgehead atoms. The topological polar surface area (TPSA) is 161 Å². The van der Waals surface area contributed by atoms with Crippen LogP contribution in [0.3, 0.4) is 0 Å². The molecular weight excluding hydrogens is 1110 g/mol. The summed E-state index contributed by atoms with van der Waals surface area (Å²) in [5.41, 5.74) is 6.37. The molecule has 0 amide bonds. The number of hydrogen-bond donors (Lipinski definition) is 0. The van der Waals surface area contributed by atoms with Crippen LogP contribution in [0, 0.1) is 0 Å². The van der Waals surface area contributed by atoms with E-state index in [0.29, 0.717) is 45.6 Å². The van der Waals surface area contributed by atoms with E-state index in [-0.39, 0.29) is 40.0 Å². The van der Waals surface area contributed by atoms with E-state index >= 15 is 0 Å². The summed E-state index contributed by atoms with van der Waals surface area (Å²) in [5, 5.41) is 8.55. The molecule has 0 saturated heterocycles. The minimum absolute atomic E-state index is 0.110. The Bertz CT molecular complexity index is 4240. The van der Waals surface area contributed by atoms with E-state index in [9.17, 15) is 19.2 Å². The zero-order valence-corrected chi connectivity index (χ0v) is 47.5. The van der Waals surface area contributed by atoms with Crippen molar-refractivity contribution in [2.45, 2.75) is 12.2 Å². The lowest BCUT2D eigenvalue weighted by atomic mass is 9.92. The summed E-state index contributed by atoms with van der Waals surface area (Å²) in [5.74, 6) is 1.62. The van der Waals surface area contributed by atoms with Gasteiger partial charge in [0.05, 0.1) is 11.1 Å². The third-order valence-electron chi connectivity index (χ3n) is 14.9. The maximum atomic E-state index is 13.3. The summed E-state index contributed by atoms with van der Waals surface area (Å²) in [7, 11) is 0. The highest BCUT2D eigenvalue weighted by Gasteiger charge is 2.28. The van der Waals surface area contributed by atoms with Gasteiger partial charge in [-0.05, 0) is 127 Å². The van der Waals surface area contributed by atoms with Crippen molar-refractivity contribution in [3.63, 3.8) is 0 Å². The standard InChI is InChI=1S/C40H30O7.C34H26O7/c1-2-37(41)46-25-45-31-19-15-27(16-20-31)26-11-13-30(14-12-26)40(42)47-32-23-43-35-21-17-28-7-3-5-9-33(28)38(35)39-34-10-6-4-8-29(34)18-22-36(39)44-24-32;1-2-31(35)40-21-39-25-15-11-24(12-16-25)34(36)41-26-19-37-29-17-13-22-7-3-5-9-27(22)32(29)33-28-10-6-4-8-23(28)14-18-30(33)38-20-26/h2-22,32H,1,23-25H2;2-18,26H,1,19-21H2. The molecule has 0 unspecified atom stereocenters. The summed E-state index contributed by atoms with van der Waals surface area (Å²) >= 11 is 0. The van der Waals surface area contributed by atoms with Crippen LogP contribution in [0.2, 0.25) is 0 Å². The van der Waals surface area contributed by atoms with Crippen LogP contribution in [0.4, 0.5) is 0 Å². The number of benzene rings is 11. The van der Waals surface area contributed by atoms with Gasteiger partial charge in [-0.2, -0.15) is 0 Å². The van der Waals surface area contributed by atoms with Gasteiger partial charge < -0.3 is 47.4 Å². The van der Waals surface area contributed by atoms with Gasteiger partial charge in [0.25, 0.3) is 0 Å². The number of ether oxygens (including phenoxy) is 10. The number of carbonyl (C=O) groups excluding carboxylic acids is 4. The largest absolute Gasteiger partial charge is 0.489 e. The van der Waals surface area contributed by atoms with Crippen molar-refractivity contribution >= 4 is 67.0 Å². The maximum Gasteiger partial charge on any atom is 0.338 e. The molecule has 0 spiro atoms. The lowest BCUT2D eigenvalue weighted by Gasteiger charge is -2.18. The van der Waals surface area contributed by atoms with Crippen LogP contribution < -0.4 is 28.4 Å². The normalized spacial score (nSPS) is 12.8. The van der Waals surface area contributed by atoms with Crippen molar-refractivity contribution in [2.75, 3.05) is 40.0 Å². The second kappa shape index (κ2) is 26.3. The Morgan fingerprint density at radius 3 is 0.966 bits per heavy atom. The third kappa shape index (κ3) is 12.7. The van der Waals surface area contributed by atoms with Crippen LogP contribution >= 0.6 is 0 Å². The molecule has 0 aromatic heterocycles. The summed E-state index contributed by atoms with van der Waals surface area (Å²) in [6, 6.07) is 69.6. The van der Waals surface area contributed by atoms with E-state index in [1.54, 1.807) is 48.5 Å². The molecule has 14 nitrogen and oxygen atoms in total. The van der Waals surface area contributed by atoms with Gasteiger partial charge in [-0.15, -0.1) is 0 Å². The van der Waals surface area contributed by atoms with Crippen molar-refractivity contribution in [1.29, 1.82) is 0 Å². The summed E-state index contributed by atoms with van der Waals surface area (Å²) < 4.78 is 57.7. The number of hydrogen-bond acceptors (Lipinski definition) is 14. The van der Waals surface area contributed by atoms with Crippen molar-refractivity contribution in [2.24, 2.45) is 0 Å². The molecule has 2 heterocycles. The van der Waals surface area contributed by atoms with E-state index in [1.165, 1.54) is 0 Å². The minimum Gasteiger partial charge on any atom is -0.489 e. The molecule has 13 rings (SSSR count). The van der Waals surface area contributed by atoms with Crippen molar-refractivity contribution in [3.8, 4) is 67.9 Å². The molecule has 436 valence electrons. The molecule has 11 aromatic carbocycles. The zero-order valence-electron chi connectivity index (χ0n) is 47.5. The molecule has 0 atom stereocenters. The molecule has 2 aliphatic rings. The fourth-order valence-electron chi connectivity index (χ4n) is 10.6. The lowest BCUT2D eigenvalue weighted by molar-refractivity contribution is -0.145. The Labute approximate surface area is 506 Å². The highest BCUT2D eigenvalue weighted by molar-refractivity contribution is 6.11. The van der Waals surface area contributed by atoms with E-state index in [2.05, 4.69) is 61.7 Å². The van der Waals surface area contributed by atoms with Crippen molar-refractivity contribution < 1.29 is 66.5 Å². The second-order valence-electron chi connectivity index (χ2n) is 20.4. The molecule has 14 heteroatoms. The van der Waals surface area contributed by atoms with E-state index in [1.807, 2.05) is 121 Å². The molecule has 0 N–H and O–H groups in total. The SMILES string of the molecule is C=CC(=O)OCOc1ccc(-c2ccc(C(=O)OC3COc4ccc5ccccc5c4-c4c(ccc5ccccc45)OC3)cc2)cc1.C=CC(=O)OCOc1ccc(C(=O)OC2COc3ccc4ccccc4c3-c3c(ccc4ccccc34)OC2)cc1. The van der Waals surface area contributed by atoms with Gasteiger partial charge in [0, 0.05) is 34.4 Å². The number of esters is 4. The average Bonchev–Trinajstić information content (AvgIpc) is 1.26. The molecule has 0 radical (unpaired) electrons. The Kier molecular flexibility index (Phi) is 17.0. The highest BCUT2D eigenvalue weighted by atomic mass is 16.7. The Morgan fingerprint density at radius 1 is 0.364 bits per heavy atom. The van der Waals surface area contributed by atoms with Gasteiger partial charge in [-0.1, -0.05) is 159 Å². The van der Waals surface area contributed by atoms with Crippen molar-refractivity contribution in [3.05, 3.63) is 255 Å². The monoisotopic (exact) mass is 1170 g/mol. The Hall–Kier alpha value is -11.4. The minimum atomic E-state index is -0.673. The molecule has 11 aromatic rings. The first-order valence-corrected chi connectivity index (χ1v) is 28.3. The second-order valence-corrected chi connectivity index (χ2v) is 20.4. The van der Waals surface area contributed by atoms with E-state index < -0.39 is 36.1 Å². The molecule has 2 aliphatic heterocycles. The van der Waals surface area contributed by atoms with Crippen LogP contribution in [-0.4, -0.2) is 76.1 Å². The Morgan fingerprint density at radius 2 is 0.648 bits per heavy atom. The van der Waals surface area contributed by atoms with Gasteiger partial charge >= 0.3 is 23.9 Å². The van der Waals surface area contributed by atoms with Gasteiger partial charge in [-0.25, -0.2) is 19.2 Å². The number of rotatable bonds is 13. The summed E-state index contributed by atoms with van der Waals surface area (Å²) in [4.78, 5) is 48.7. The molecule has 0 saturated carbocycles. The number of carbonyl (C=O) groups is 4. The maximum absolute atomic E-state index is 13.3. The quantitative estimate of drug-likeness (QED) is 0.0464.